The van der Waals surface area contributed by atoms with E-state index in [2.05, 4.69) is 33.7 Å². The Kier molecular flexibility index (Phi) is 7.93. The first-order chi connectivity index (χ1) is 14.5. The zero-order valence-electron chi connectivity index (χ0n) is 17.4. The van der Waals surface area contributed by atoms with Gasteiger partial charge in [0, 0.05) is 31.7 Å². The highest BCUT2D eigenvalue weighted by molar-refractivity contribution is 7.71. The van der Waals surface area contributed by atoms with E-state index in [-0.39, 0.29) is 12.0 Å². The molecule has 0 bridgehead atoms. The summed E-state index contributed by atoms with van der Waals surface area (Å²) in [5.41, 5.74) is 3.28. The summed E-state index contributed by atoms with van der Waals surface area (Å²) >= 11 is 5.34. The summed E-state index contributed by atoms with van der Waals surface area (Å²) in [5, 5.41) is 10.1. The van der Waals surface area contributed by atoms with E-state index in [4.69, 9.17) is 17.0 Å². The largest absolute Gasteiger partial charge is 0.374 e. The van der Waals surface area contributed by atoms with E-state index in [1.165, 1.54) is 0 Å². The number of aryl methyl sites for hydroxylation is 1. The number of rotatable bonds is 10. The maximum atomic E-state index is 12.2. The summed E-state index contributed by atoms with van der Waals surface area (Å²) in [6.45, 7) is 5.73. The van der Waals surface area contributed by atoms with Crippen molar-refractivity contribution in [1.29, 1.82) is 0 Å². The van der Waals surface area contributed by atoms with E-state index in [0.717, 1.165) is 28.9 Å². The van der Waals surface area contributed by atoms with Crippen LogP contribution < -0.4 is 5.32 Å². The highest BCUT2D eigenvalue weighted by Crippen LogP contribution is 2.19. The second-order valence-corrected chi connectivity index (χ2v) is 7.64. The Morgan fingerprint density at radius 1 is 1.23 bits per heavy atom. The lowest BCUT2D eigenvalue weighted by molar-refractivity contribution is -0.121. The van der Waals surface area contributed by atoms with E-state index >= 15 is 0 Å². The number of benzene rings is 2. The Morgan fingerprint density at radius 3 is 2.80 bits per heavy atom. The number of ether oxygens (including phenoxy) is 1. The maximum Gasteiger partial charge on any atom is 0.221 e. The third kappa shape index (κ3) is 6.11. The molecule has 0 aliphatic rings. The smallest absolute Gasteiger partial charge is 0.221 e. The average molecular weight is 425 g/mol. The molecule has 1 heterocycles. The van der Waals surface area contributed by atoms with Crippen LogP contribution >= 0.6 is 12.2 Å². The van der Waals surface area contributed by atoms with Gasteiger partial charge in [0.2, 0.25) is 5.91 Å². The van der Waals surface area contributed by atoms with Crippen molar-refractivity contribution < 1.29 is 9.53 Å². The summed E-state index contributed by atoms with van der Waals surface area (Å²) < 4.78 is 8.22. The van der Waals surface area contributed by atoms with Crippen molar-refractivity contribution in [1.82, 2.24) is 20.1 Å². The second kappa shape index (κ2) is 10.8. The molecule has 2 N–H and O–H groups in total. The molecule has 2 aromatic carbocycles. The van der Waals surface area contributed by atoms with Crippen molar-refractivity contribution in [2.24, 2.45) is 0 Å². The number of aromatic nitrogens is 3. The second-order valence-electron chi connectivity index (χ2n) is 7.25. The summed E-state index contributed by atoms with van der Waals surface area (Å²) in [5.74, 6) is 0.740. The lowest BCUT2D eigenvalue weighted by Crippen LogP contribution is -2.26. The fraction of sp³-hybridized carbons (Fsp3) is 0.348. The zero-order chi connectivity index (χ0) is 21.3. The van der Waals surface area contributed by atoms with Crippen molar-refractivity contribution in [3.8, 4) is 11.4 Å². The molecule has 1 aromatic heterocycles. The summed E-state index contributed by atoms with van der Waals surface area (Å²) in [7, 11) is 0. The van der Waals surface area contributed by atoms with Gasteiger partial charge in [0.1, 0.15) is 0 Å². The number of amides is 1. The minimum Gasteiger partial charge on any atom is -0.374 e. The summed E-state index contributed by atoms with van der Waals surface area (Å²) in [6.07, 6.45) is 1.15. The van der Waals surface area contributed by atoms with Crippen molar-refractivity contribution in [3.05, 3.63) is 70.5 Å². The van der Waals surface area contributed by atoms with Gasteiger partial charge in [-0.25, -0.2) is 0 Å². The van der Waals surface area contributed by atoms with Gasteiger partial charge < -0.3 is 10.1 Å². The monoisotopic (exact) mass is 424 g/mol. The molecular formula is C23H28N4O2S. The number of nitrogens with one attached hydrogen (secondary N) is 2. The first-order valence-corrected chi connectivity index (χ1v) is 10.6. The van der Waals surface area contributed by atoms with Gasteiger partial charge in [-0.2, -0.15) is 5.10 Å². The summed E-state index contributed by atoms with van der Waals surface area (Å²) in [6, 6.07) is 18.2. The van der Waals surface area contributed by atoms with Gasteiger partial charge in [-0.3, -0.25) is 14.5 Å². The van der Waals surface area contributed by atoms with Crippen LogP contribution in [0.3, 0.4) is 0 Å². The van der Waals surface area contributed by atoms with Crippen LogP contribution in [0.25, 0.3) is 11.4 Å². The summed E-state index contributed by atoms with van der Waals surface area (Å²) in [4.78, 5) is 12.2. The van der Waals surface area contributed by atoms with Crippen LogP contribution in [0.1, 0.15) is 37.0 Å². The SMILES string of the molecule is Cc1cccc(-c2n[nH]c(=S)n2CCC(=O)NCCCO[C@H](C)c2ccccc2)c1. The topological polar surface area (TPSA) is 71.9 Å². The fourth-order valence-corrected chi connectivity index (χ4v) is 3.44. The number of carbonyl (C=O) groups is 1. The Bertz CT molecular complexity index is 1010. The molecule has 0 saturated heterocycles. The van der Waals surface area contributed by atoms with Gasteiger partial charge in [0.25, 0.3) is 0 Å². The number of hydrogen-bond acceptors (Lipinski definition) is 4. The van der Waals surface area contributed by atoms with Crippen molar-refractivity contribution in [3.63, 3.8) is 0 Å². The molecule has 3 rings (SSSR count). The Morgan fingerprint density at radius 2 is 2.03 bits per heavy atom. The van der Waals surface area contributed by atoms with Gasteiger partial charge in [-0.1, -0.05) is 54.1 Å². The van der Waals surface area contributed by atoms with E-state index < -0.39 is 0 Å². The Labute approximate surface area is 182 Å². The van der Waals surface area contributed by atoms with Crippen LogP contribution in [-0.4, -0.2) is 33.8 Å². The third-order valence-electron chi connectivity index (χ3n) is 4.88. The number of carbonyl (C=O) groups excluding carboxylic acids is 1. The fourth-order valence-electron chi connectivity index (χ4n) is 3.21. The molecule has 30 heavy (non-hydrogen) atoms. The van der Waals surface area contributed by atoms with Crippen LogP contribution in [-0.2, 0) is 16.1 Å². The average Bonchev–Trinajstić information content (AvgIpc) is 3.13. The van der Waals surface area contributed by atoms with E-state index in [0.29, 0.717) is 30.9 Å². The first kappa shape index (κ1) is 21.9. The number of hydrogen-bond donors (Lipinski definition) is 2. The van der Waals surface area contributed by atoms with E-state index in [9.17, 15) is 4.79 Å². The lowest BCUT2D eigenvalue weighted by atomic mass is 10.1. The van der Waals surface area contributed by atoms with Crippen molar-refractivity contribution in [2.45, 2.75) is 39.3 Å². The van der Waals surface area contributed by atoms with Gasteiger partial charge in [0.15, 0.2) is 10.6 Å². The first-order valence-electron chi connectivity index (χ1n) is 10.2. The van der Waals surface area contributed by atoms with Crippen LogP contribution in [0.5, 0.6) is 0 Å². The number of aromatic amines is 1. The van der Waals surface area contributed by atoms with E-state index in [1.54, 1.807) is 0 Å². The number of H-pyrrole nitrogens is 1. The highest BCUT2D eigenvalue weighted by atomic mass is 32.1. The Balaban J connectivity index is 1.41. The third-order valence-corrected chi connectivity index (χ3v) is 5.19. The maximum absolute atomic E-state index is 12.2. The molecule has 7 heteroatoms. The molecule has 0 fully saturated rings. The van der Waals surface area contributed by atoms with Crippen LogP contribution in [0.2, 0.25) is 0 Å². The normalized spacial score (nSPS) is 11.9. The van der Waals surface area contributed by atoms with Gasteiger partial charge in [-0.15, -0.1) is 0 Å². The predicted molar refractivity (Wildman–Crippen MR) is 121 cm³/mol. The molecule has 0 unspecified atom stereocenters. The minimum absolute atomic E-state index is 0.00981. The zero-order valence-corrected chi connectivity index (χ0v) is 18.2. The lowest BCUT2D eigenvalue weighted by Gasteiger charge is -2.13. The predicted octanol–water partition coefficient (Wildman–Crippen LogP) is 4.59. The van der Waals surface area contributed by atoms with Gasteiger partial charge in [0.05, 0.1) is 6.10 Å². The van der Waals surface area contributed by atoms with Crippen LogP contribution in [0.4, 0.5) is 0 Å². The highest BCUT2D eigenvalue weighted by Gasteiger charge is 2.11. The van der Waals surface area contributed by atoms with Gasteiger partial charge >= 0.3 is 0 Å². The molecule has 158 valence electrons. The number of nitrogens with zero attached hydrogens (tertiary/aromatic N) is 2. The van der Waals surface area contributed by atoms with Gasteiger partial charge in [-0.05, 0) is 44.1 Å². The molecule has 1 atom stereocenters. The van der Waals surface area contributed by atoms with Crippen LogP contribution in [0, 0.1) is 11.7 Å². The standard InChI is InChI=1S/C23H28N4O2S/c1-17-8-6-11-20(16-17)22-25-26-23(30)27(22)14-12-21(28)24-13-7-15-29-18(2)19-9-4-3-5-10-19/h3-6,8-11,16,18H,7,12-15H2,1-2H3,(H,24,28)(H,26,30)/t18-/m1/s1. The van der Waals surface area contributed by atoms with E-state index in [1.807, 2.05) is 54.8 Å². The van der Waals surface area contributed by atoms with Crippen LogP contribution in [0.15, 0.2) is 54.6 Å². The molecule has 0 aliphatic heterocycles. The Hall–Kier alpha value is -2.77. The molecule has 0 saturated carbocycles. The molecule has 6 nitrogen and oxygen atoms in total. The quantitative estimate of drug-likeness (QED) is 0.369. The molecule has 0 aliphatic carbocycles. The molecule has 1 amide bonds. The van der Waals surface area contributed by atoms with Crippen molar-refractivity contribution >= 4 is 18.1 Å². The molecule has 0 radical (unpaired) electrons. The minimum atomic E-state index is -0.00981. The molecular weight excluding hydrogens is 396 g/mol. The van der Waals surface area contributed by atoms with Crippen molar-refractivity contribution in [2.75, 3.05) is 13.2 Å². The molecule has 0 spiro atoms. The molecule has 3 aromatic rings.